The van der Waals surface area contributed by atoms with Crippen LogP contribution in [-0.2, 0) is 0 Å². The van der Waals surface area contributed by atoms with Crippen LogP contribution in [0, 0.1) is 0 Å². The highest BCUT2D eigenvalue weighted by Crippen LogP contribution is 2.41. The van der Waals surface area contributed by atoms with Crippen molar-refractivity contribution >= 4 is 5.97 Å². The van der Waals surface area contributed by atoms with Gasteiger partial charge in [0.2, 0.25) is 5.75 Å². The summed E-state index contributed by atoms with van der Waals surface area (Å²) in [6, 6.07) is 2.99. The molecule has 1 N–H and O–H groups in total. The lowest BCUT2D eigenvalue weighted by Crippen LogP contribution is -2.18. The molecule has 1 aliphatic heterocycles. The minimum absolute atomic E-state index is 0.0884. The van der Waals surface area contributed by atoms with Gasteiger partial charge in [0, 0.05) is 0 Å². The van der Waals surface area contributed by atoms with Gasteiger partial charge < -0.3 is 19.3 Å². The largest absolute Gasteiger partial charge is 0.493 e. The van der Waals surface area contributed by atoms with Crippen LogP contribution in [0.5, 0.6) is 17.2 Å². The van der Waals surface area contributed by atoms with Gasteiger partial charge in [-0.15, -0.1) is 0 Å². The van der Waals surface area contributed by atoms with Crippen LogP contribution < -0.4 is 14.2 Å². The maximum atomic E-state index is 10.9. The molecule has 1 heterocycles. The van der Waals surface area contributed by atoms with E-state index in [1.54, 1.807) is 6.07 Å². The minimum atomic E-state index is -1.04. The molecule has 80 valence electrons. The number of rotatable bonds is 2. The second-order valence-corrected chi connectivity index (χ2v) is 2.98. The Labute approximate surface area is 86.2 Å². The number of hydrogen-bond acceptors (Lipinski definition) is 4. The number of carboxylic acids is 1. The summed E-state index contributed by atoms with van der Waals surface area (Å²) < 4.78 is 15.6. The van der Waals surface area contributed by atoms with Crippen LogP contribution in [0.2, 0.25) is 0 Å². The lowest BCUT2D eigenvalue weighted by atomic mass is 10.1. The van der Waals surface area contributed by atoms with Crippen molar-refractivity contribution in [3.8, 4) is 17.2 Å². The van der Waals surface area contributed by atoms with Gasteiger partial charge in [0.25, 0.3) is 0 Å². The van der Waals surface area contributed by atoms with E-state index < -0.39 is 5.97 Å². The fourth-order valence-electron chi connectivity index (χ4n) is 1.44. The first-order valence-electron chi connectivity index (χ1n) is 4.44. The highest BCUT2D eigenvalue weighted by atomic mass is 16.6. The Morgan fingerprint density at radius 3 is 2.60 bits per heavy atom. The molecular weight excluding hydrogens is 200 g/mol. The average Bonchev–Trinajstić information content (AvgIpc) is 2.27. The van der Waals surface area contributed by atoms with E-state index in [0.29, 0.717) is 24.7 Å². The second-order valence-electron chi connectivity index (χ2n) is 2.98. The van der Waals surface area contributed by atoms with Crippen LogP contribution in [0.3, 0.4) is 0 Å². The summed E-state index contributed by atoms with van der Waals surface area (Å²) in [4.78, 5) is 10.9. The van der Waals surface area contributed by atoms with Crippen molar-refractivity contribution in [1.82, 2.24) is 0 Å². The highest BCUT2D eigenvalue weighted by Gasteiger charge is 2.23. The van der Waals surface area contributed by atoms with Crippen LogP contribution in [-0.4, -0.2) is 31.4 Å². The molecule has 0 unspecified atom stereocenters. The molecule has 0 saturated heterocycles. The zero-order valence-corrected chi connectivity index (χ0v) is 8.15. The summed E-state index contributed by atoms with van der Waals surface area (Å²) in [5.74, 6) is 0.0471. The van der Waals surface area contributed by atoms with Crippen molar-refractivity contribution in [1.29, 1.82) is 0 Å². The molecule has 1 aliphatic rings. The molecule has 5 heteroatoms. The zero-order valence-electron chi connectivity index (χ0n) is 8.15. The van der Waals surface area contributed by atoms with Crippen LogP contribution in [0.15, 0.2) is 12.1 Å². The van der Waals surface area contributed by atoms with Crippen molar-refractivity contribution in [3.05, 3.63) is 17.7 Å². The second kappa shape index (κ2) is 3.68. The first kappa shape index (κ1) is 9.64. The van der Waals surface area contributed by atoms with E-state index in [9.17, 15) is 4.79 Å². The molecule has 2 rings (SSSR count). The maximum absolute atomic E-state index is 10.9. The third kappa shape index (κ3) is 1.56. The van der Waals surface area contributed by atoms with Crippen molar-refractivity contribution < 1.29 is 24.1 Å². The number of benzene rings is 1. The van der Waals surface area contributed by atoms with Gasteiger partial charge in [0.05, 0.1) is 7.11 Å². The zero-order chi connectivity index (χ0) is 10.8. The summed E-state index contributed by atoms with van der Waals surface area (Å²) in [5.41, 5.74) is 0.0884. The van der Waals surface area contributed by atoms with Crippen molar-refractivity contribution in [2.75, 3.05) is 20.3 Å². The summed E-state index contributed by atoms with van der Waals surface area (Å²) in [5, 5.41) is 8.93. The molecule has 0 radical (unpaired) electrons. The van der Waals surface area contributed by atoms with Gasteiger partial charge in [0.1, 0.15) is 18.8 Å². The third-order valence-electron chi connectivity index (χ3n) is 2.10. The van der Waals surface area contributed by atoms with Crippen LogP contribution in [0.4, 0.5) is 0 Å². The predicted octanol–water partition coefficient (Wildman–Crippen LogP) is 1.16. The van der Waals surface area contributed by atoms with E-state index in [0.717, 1.165) is 0 Å². The number of fused-ring (bicyclic) bond motifs is 1. The molecule has 0 amide bonds. The smallest absolute Gasteiger partial charge is 0.339 e. The average molecular weight is 210 g/mol. The molecule has 15 heavy (non-hydrogen) atoms. The van der Waals surface area contributed by atoms with E-state index in [1.807, 2.05) is 0 Å². The van der Waals surface area contributed by atoms with Gasteiger partial charge in [-0.25, -0.2) is 4.79 Å². The SMILES string of the molecule is COc1ccc(C(=O)O)c2c1OCCO2. The Hall–Kier alpha value is -1.91. The molecule has 1 aromatic carbocycles. The third-order valence-corrected chi connectivity index (χ3v) is 2.10. The molecular formula is C10H10O5. The highest BCUT2D eigenvalue weighted by molar-refractivity contribution is 5.92. The molecule has 0 aromatic heterocycles. The number of ether oxygens (including phenoxy) is 3. The molecule has 0 fully saturated rings. The number of methoxy groups -OCH3 is 1. The summed E-state index contributed by atoms with van der Waals surface area (Å²) in [6.07, 6.45) is 0. The lowest BCUT2D eigenvalue weighted by molar-refractivity contribution is 0.0685. The van der Waals surface area contributed by atoms with E-state index in [1.165, 1.54) is 13.2 Å². The molecule has 5 nitrogen and oxygen atoms in total. The summed E-state index contributed by atoms with van der Waals surface area (Å²) in [7, 11) is 1.49. The monoisotopic (exact) mass is 210 g/mol. The van der Waals surface area contributed by atoms with E-state index in [2.05, 4.69) is 0 Å². The summed E-state index contributed by atoms with van der Waals surface area (Å²) >= 11 is 0. The number of carboxylic acid groups (broad SMARTS) is 1. The molecule has 0 spiro atoms. The van der Waals surface area contributed by atoms with Gasteiger partial charge in [-0.1, -0.05) is 0 Å². The van der Waals surface area contributed by atoms with Gasteiger partial charge in [0.15, 0.2) is 11.5 Å². The molecule has 0 bridgehead atoms. The Bertz CT molecular complexity index is 399. The van der Waals surface area contributed by atoms with E-state index >= 15 is 0 Å². The van der Waals surface area contributed by atoms with Crippen molar-refractivity contribution in [2.45, 2.75) is 0 Å². The van der Waals surface area contributed by atoms with Crippen LogP contribution >= 0.6 is 0 Å². The number of aromatic carboxylic acids is 1. The fraction of sp³-hybridized carbons (Fsp3) is 0.300. The quantitative estimate of drug-likeness (QED) is 0.793. The van der Waals surface area contributed by atoms with Crippen molar-refractivity contribution in [3.63, 3.8) is 0 Å². The standard InChI is InChI=1S/C10H10O5/c1-13-7-3-2-6(10(11)12)8-9(7)15-5-4-14-8/h2-3H,4-5H2,1H3,(H,11,12). The van der Waals surface area contributed by atoms with Gasteiger partial charge in [-0.05, 0) is 12.1 Å². The van der Waals surface area contributed by atoms with Gasteiger partial charge >= 0.3 is 5.97 Å². The van der Waals surface area contributed by atoms with E-state index in [-0.39, 0.29) is 11.3 Å². The van der Waals surface area contributed by atoms with E-state index in [4.69, 9.17) is 19.3 Å². The Morgan fingerprint density at radius 1 is 1.33 bits per heavy atom. The van der Waals surface area contributed by atoms with Crippen molar-refractivity contribution in [2.24, 2.45) is 0 Å². The predicted molar refractivity (Wildman–Crippen MR) is 50.9 cm³/mol. The number of carbonyl (C=O) groups is 1. The van der Waals surface area contributed by atoms with Gasteiger partial charge in [-0.2, -0.15) is 0 Å². The maximum Gasteiger partial charge on any atom is 0.339 e. The number of hydrogen-bond donors (Lipinski definition) is 1. The minimum Gasteiger partial charge on any atom is -0.493 e. The molecule has 0 saturated carbocycles. The van der Waals surface area contributed by atoms with Gasteiger partial charge in [-0.3, -0.25) is 0 Å². The summed E-state index contributed by atoms with van der Waals surface area (Å²) in [6.45, 7) is 0.743. The Kier molecular flexibility index (Phi) is 2.37. The molecule has 0 aliphatic carbocycles. The molecule has 0 atom stereocenters. The first-order valence-corrected chi connectivity index (χ1v) is 4.44. The molecule has 1 aromatic rings. The Balaban J connectivity index is 2.57. The first-order chi connectivity index (χ1) is 7.24. The lowest BCUT2D eigenvalue weighted by Gasteiger charge is -2.21. The topological polar surface area (TPSA) is 65.0 Å². The normalized spacial score (nSPS) is 13.4. The fourth-order valence-corrected chi connectivity index (χ4v) is 1.44. The Morgan fingerprint density at radius 2 is 2.00 bits per heavy atom. The van der Waals surface area contributed by atoms with Crippen LogP contribution in [0.1, 0.15) is 10.4 Å². The van der Waals surface area contributed by atoms with Crippen LogP contribution in [0.25, 0.3) is 0 Å².